The summed E-state index contributed by atoms with van der Waals surface area (Å²) in [6.45, 7) is 12.6. The number of halogens is 1. The predicted octanol–water partition coefficient (Wildman–Crippen LogP) is 4.79. The summed E-state index contributed by atoms with van der Waals surface area (Å²) in [5.74, 6) is 0.0632. The van der Waals surface area contributed by atoms with Gasteiger partial charge in [-0.2, -0.15) is 4.99 Å². The highest BCUT2D eigenvalue weighted by Crippen LogP contribution is 2.32. The van der Waals surface area contributed by atoms with Gasteiger partial charge in [0.05, 0.1) is 11.2 Å². The molecule has 0 atom stereocenters. The molecule has 1 aliphatic heterocycles. The monoisotopic (exact) mass is 623 g/mol. The van der Waals surface area contributed by atoms with E-state index in [9.17, 15) is 9.59 Å². The number of rotatable bonds is 3. The number of nitrogens with two attached hydrogens (primary N) is 2. The Hall–Kier alpha value is -4.65. The minimum Gasteiger partial charge on any atom is -0.444 e. The van der Waals surface area contributed by atoms with Crippen molar-refractivity contribution in [1.29, 1.82) is 0 Å². The Morgan fingerprint density at radius 2 is 1.61 bits per heavy atom. The molecule has 14 heteroatoms. The summed E-state index contributed by atoms with van der Waals surface area (Å²) in [5, 5.41) is 3.93. The molecule has 2 amide bonds. The lowest BCUT2D eigenvalue weighted by molar-refractivity contribution is 0.0554. The van der Waals surface area contributed by atoms with Crippen LogP contribution >= 0.6 is 11.6 Å². The molecule has 2 aromatic carbocycles. The van der Waals surface area contributed by atoms with Crippen molar-refractivity contribution in [2.75, 3.05) is 31.1 Å². The van der Waals surface area contributed by atoms with Crippen LogP contribution in [0.5, 0.6) is 0 Å². The van der Waals surface area contributed by atoms with Crippen LogP contribution in [0.25, 0.3) is 22.2 Å². The van der Waals surface area contributed by atoms with Gasteiger partial charge >= 0.3 is 12.2 Å². The van der Waals surface area contributed by atoms with E-state index in [0.29, 0.717) is 42.4 Å². The highest BCUT2D eigenvalue weighted by atomic mass is 35.5. The van der Waals surface area contributed by atoms with E-state index >= 15 is 0 Å². The lowest BCUT2D eigenvalue weighted by Crippen LogP contribution is -2.54. The predicted molar refractivity (Wildman–Crippen MR) is 172 cm³/mol. The van der Waals surface area contributed by atoms with E-state index in [0.717, 1.165) is 16.6 Å². The van der Waals surface area contributed by atoms with Crippen molar-refractivity contribution in [1.82, 2.24) is 20.2 Å². The van der Waals surface area contributed by atoms with Crippen LogP contribution in [0.4, 0.5) is 21.2 Å². The lowest BCUT2D eigenvalue weighted by Gasteiger charge is -2.37. The number of carbonyl (C=O) groups is 2. The Kier molecular flexibility index (Phi) is 9.47. The zero-order valence-electron chi connectivity index (χ0n) is 25.7. The molecular formula is C30H38ClN9O4. The first kappa shape index (κ1) is 32.3. The number of guanidine groups is 2. The Balaban J connectivity index is 1.58. The van der Waals surface area contributed by atoms with Crippen molar-refractivity contribution in [2.45, 2.75) is 52.7 Å². The fourth-order valence-electron chi connectivity index (χ4n) is 4.44. The summed E-state index contributed by atoms with van der Waals surface area (Å²) in [4.78, 5) is 46.3. The van der Waals surface area contributed by atoms with Crippen LogP contribution in [-0.2, 0) is 9.47 Å². The number of fused-ring (bicyclic) bond motifs is 1. The van der Waals surface area contributed by atoms with Crippen molar-refractivity contribution in [3.05, 3.63) is 47.5 Å². The number of nitrogens with one attached hydrogen (secondary N) is 1. The van der Waals surface area contributed by atoms with Crippen molar-refractivity contribution in [3.63, 3.8) is 0 Å². The topological polar surface area (TPSA) is 174 Å². The molecule has 2 heterocycles. The van der Waals surface area contributed by atoms with Crippen LogP contribution in [0.15, 0.2) is 52.4 Å². The number of aromatic nitrogens is 2. The molecule has 1 aliphatic rings. The van der Waals surface area contributed by atoms with E-state index in [4.69, 9.17) is 32.5 Å². The summed E-state index contributed by atoms with van der Waals surface area (Å²) >= 11 is 6.31. The first-order valence-corrected chi connectivity index (χ1v) is 14.4. The second kappa shape index (κ2) is 12.9. The SMILES string of the molecule is CC(C)(C)OC(=O)/N=C(\NC(=O)OC(C)(C)C)N1CCN(c2cccc(-c3nc(N=C(N)N)nc4ccc(Cl)cc34)c2)CC1. The minimum absolute atomic E-state index is 0.0681. The van der Waals surface area contributed by atoms with Gasteiger partial charge in [0.25, 0.3) is 5.95 Å². The van der Waals surface area contributed by atoms with Crippen molar-refractivity contribution < 1.29 is 19.1 Å². The molecule has 1 saturated heterocycles. The van der Waals surface area contributed by atoms with Crippen LogP contribution in [-0.4, -0.2) is 76.4 Å². The van der Waals surface area contributed by atoms with Gasteiger partial charge in [0.2, 0.25) is 5.96 Å². The lowest BCUT2D eigenvalue weighted by atomic mass is 10.1. The van der Waals surface area contributed by atoms with Crippen molar-refractivity contribution >= 4 is 58.2 Å². The van der Waals surface area contributed by atoms with Gasteiger partial charge in [-0.1, -0.05) is 23.7 Å². The van der Waals surface area contributed by atoms with Gasteiger partial charge < -0.3 is 30.7 Å². The average Bonchev–Trinajstić information content (AvgIpc) is 2.90. The molecule has 4 rings (SSSR count). The number of anilines is 1. The van der Waals surface area contributed by atoms with Crippen LogP contribution in [0, 0.1) is 0 Å². The third-order valence-electron chi connectivity index (χ3n) is 6.14. The standard InChI is InChI=1S/C30H38ClN9O4/c1-29(2,3)43-27(41)37-26(38-28(42)44-30(4,5)6)40-14-12-39(13-15-40)20-9-7-8-18(16-20)23-21-17-19(31)10-11-22(21)34-25(35-23)36-24(32)33/h7-11,16-17H,12-15H2,1-6H3,(H,37,38,41,42)(H4,32,33,34,35,36). The number of alkyl carbamates (subject to hydrolysis) is 1. The molecule has 0 unspecified atom stereocenters. The maximum Gasteiger partial charge on any atom is 0.437 e. The molecule has 0 saturated carbocycles. The van der Waals surface area contributed by atoms with Crippen LogP contribution in [0.2, 0.25) is 5.02 Å². The quantitative estimate of drug-likeness (QED) is 0.272. The first-order valence-electron chi connectivity index (χ1n) is 14.1. The molecule has 0 radical (unpaired) electrons. The molecular weight excluding hydrogens is 586 g/mol. The molecule has 234 valence electrons. The van der Waals surface area contributed by atoms with Gasteiger partial charge in [0.1, 0.15) is 11.2 Å². The number of ether oxygens (including phenoxy) is 2. The second-order valence-electron chi connectivity index (χ2n) is 12.1. The Morgan fingerprint density at radius 1 is 0.932 bits per heavy atom. The first-order chi connectivity index (χ1) is 20.6. The Bertz CT molecular complexity index is 1600. The molecule has 0 bridgehead atoms. The maximum absolute atomic E-state index is 12.6. The molecule has 44 heavy (non-hydrogen) atoms. The fraction of sp³-hybridized carbons (Fsp3) is 0.400. The summed E-state index contributed by atoms with van der Waals surface area (Å²) in [6, 6.07) is 13.2. The molecule has 0 aliphatic carbocycles. The molecule has 1 aromatic heterocycles. The number of nitrogens with zero attached hydrogens (tertiary/aromatic N) is 6. The van der Waals surface area contributed by atoms with Gasteiger partial charge in [-0.3, -0.25) is 5.32 Å². The zero-order valence-corrected chi connectivity index (χ0v) is 26.5. The second-order valence-corrected chi connectivity index (χ2v) is 12.6. The third-order valence-corrected chi connectivity index (χ3v) is 6.38. The number of hydrogen-bond acceptors (Lipinski definition) is 8. The van der Waals surface area contributed by atoms with Crippen molar-refractivity contribution in [2.24, 2.45) is 21.5 Å². The van der Waals surface area contributed by atoms with Gasteiger partial charge in [0.15, 0.2) is 5.96 Å². The van der Waals surface area contributed by atoms with Crippen LogP contribution < -0.4 is 21.7 Å². The van der Waals surface area contributed by atoms with Gasteiger partial charge in [-0.25, -0.2) is 19.6 Å². The average molecular weight is 624 g/mol. The Morgan fingerprint density at radius 3 is 2.25 bits per heavy atom. The number of aliphatic imine (C=N–C) groups is 2. The third kappa shape index (κ3) is 8.93. The summed E-state index contributed by atoms with van der Waals surface area (Å²) in [7, 11) is 0. The van der Waals surface area contributed by atoms with Gasteiger partial charge in [0, 0.05) is 47.8 Å². The van der Waals surface area contributed by atoms with E-state index in [1.165, 1.54) is 0 Å². The summed E-state index contributed by atoms with van der Waals surface area (Å²) in [5.41, 5.74) is 12.8. The highest BCUT2D eigenvalue weighted by Gasteiger charge is 2.26. The van der Waals surface area contributed by atoms with E-state index in [-0.39, 0.29) is 17.9 Å². The number of carbonyl (C=O) groups excluding carboxylic acids is 2. The van der Waals surface area contributed by atoms with Gasteiger partial charge in [-0.05, 0) is 71.9 Å². The largest absolute Gasteiger partial charge is 0.444 e. The summed E-state index contributed by atoms with van der Waals surface area (Å²) in [6.07, 6.45) is -1.52. The fourth-order valence-corrected chi connectivity index (χ4v) is 4.62. The normalized spacial score (nSPS) is 14.3. The smallest absolute Gasteiger partial charge is 0.437 e. The van der Waals surface area contributed by atoms with E-state index in [1.54, 1.807) is 59.7 Å². The van der Waals surface area contributed by atoms with Gasteiger partial charge in [-0.15, -0.1) is 4.99 Å². The molecule has 1 fully saturated rings. The van der Waals surface area contributed by atoms with E-state index in [1.807, 2.05) is 29.2 Å². The molecule has 0 spiro atoms. The van der Waals surface area contributed by atoms with Crippen LogP contribution in [0.3, 0.4) is 0 Å². The number of benzene rings is 2. The van der Waals surface area contributed by atoms with E-state index < -0.39 is 23.4 Å². The van der Waals surface area contributed by atoms with Crippen molar-refractivity contribution in [3.8, 4) is 11.3 Å². The molecule has 3 aromatic rings. The minimum atomic E-state index is -0.809. The number of hydrogen-bond donors (Lipinski definition) is 3. The molecule has 5 N–H and O–H groups in total. The highest BCUT2D eigenvalue weighted by molar-refractivity contribution is 6.31. The zero-order chi connectivity index (χ0) is 32.2. The Labute approximate surface area is 261 Å². The van der Waals surface area contributed by atoms with E-state index in [2.05, 4.69) is 30.2 Å². The number of amides is 2. The van der Waals surface area contributed by atoms with Crippen LogP contribution in [0.1, 0.15) is 41.5 Å². The summed E-state index contributed by atoms with van der Waals surface area (Å²) < 4.78 is 10.8. The maximum atomic E-state index is 12.6. The number of piperazine rings is 1. The molecule has 13 nitrogen and oxygen atoms in total.